The van der Waals surface area contributed by atoms with Crippen molar-refractivity contribution in [2.24, 2.45) is 0 Å². The SMILES string of the molecule is CC(=O)NC[C@H]1CN(c2ccc(N3CCn4c(=O)n(-c5ccc(C(=O)O)cc5)c(=O)n4CC3)c(F)c2)C(=O)O1. The Morgan fingerprint density at radius 2 is 1.59 bits per heavy atom. The van der Waals surface area contributed by atoms with Crippen LogP contribution in [0.3, 0.4) is 0 Å². The lowest BCUT2D eigenvalue weighted by Crippen LogP contribution is -2.33. The van der Waals surface area contributed by atoms with Gasteiger partial charge in [-0.05, 0) is 42.5 Å². The van der Waals surface area contributed by atoms with E-state index in [1.807, 2.05) is 0 Å². The fourth-order valence-corrected chi connectivity index (χ4v) is 4.73. The van der Waals surface area contributed by atoms with Crippen molar-refractivity contribution in [1.82, 2.24) is 19.2 Å². The number of hydrogen-bond acceptors (Lipinski definition) is 7. The van der Waals surface area contributed by atoms with Gasteiger partial charge in [-0.1, -0.05) is 0 Å². The van der Waals surface area contributed by atoms with Crippen molar-refractivity contribution in [2.75, 3.05) is 36.0 Å². The number of aromatic nitrogens is 3. The topological polar surface area (TPSA) is 148 Å². The summed E-state index contributed by atoms with van der Waals surface area (Å²) >= 11 is 0. The molecule has 204 valence electrons. The first kappa shape index (κ1) is 25.8. The summed E-state index contributed by atoms with van der Waals surface area (Å²) in [6.07, 6.45) is -1.19. The highest BCUT2D eigenvalue weighted by Crippen LogP contribution is 2.28. The zero-order valence-corrected chi connectivity index (χ0v) is 20.9. The molecular formula is C25H25FN6O7. The van der Waals surface area contributed by atoms with Gasteiger partial charge in [0.05, 0.1) is 48.8 Å². The van der Waals surface area contributed by atoms with Gasteiger partial charge in [-0.25, -0.2) is 37.5 Å². The van der Waals surface area contributed by atoms with Crippen LogP contribution in [0.5, 0.6) is 0 Å². The molecule has 0 spiro atoms. The van der Waals surface area contributed by atoms with E-state index >= 15 is 4.39 Å². The Morgan fingerprint density at radius 3 is 2.15 bits per heavy atom. The standard InChI is InChI=1S/C25H25FN6O7/c1-15(33)27-13-19-14-29(25(38)39-19)18-6-7-21(20(26)12-18)28-8-10-30-23(36)32(24(37)31(30)11-9-28)17-4-2-16(3-5-17)22(34)35/h2-7,12,19H,8-11,13-14H2,1H3,(H,27,33)(H,34,35)/t19-/m0/s1. The molecule has 13 nitrogen and oxygen atoms in total. The van der Waals surface area contributed by atoms with E-state index in [0.29, 0.717) is 5.69 Å². The van der Waals surface area contributed by atoms with Crippen molar-refractivity contribution in [2.45, 2.75) is 26.1 Å². The number of carbonyl (C=O) groups excluding carboxylic acids is 2. The lowest BCUT2D eigenvalue weighted by molar-refractivity contribution is -0.119. The summed E-state index contributed by atoms with van der Waals surface area (Å²) < 4.78 is 24.0. The van der Waals surface area contributed by atoms with Gasteiger partial charge in [-0.15, -0.1) is 0 Å². The van der Waals surface area contributed by atoms with E-state index in [4.69, 9.17) is 9.84 Å². The maximum atomic E-state index is 15.2. The monoisotopic (exact) mass is 540 g/mol. The molecule has 1 atom stereocenters. The molecule has 2 amide bonds. The summed E-state index contributed by atoms with van der Waals surface area (Å²) in [6.45, 7) is 2.37. The van der Waals surface area contributed by atoms with Gasteiger partial charge in [0.25, 0.3) is 0 Å². The van der Waals surface area contributed by atoms with Crippen molar-refractivity contribution in [3.8, 4) is 5.69 Å². The minimum atomic E-state index is -1.12. The van der Waals surface area contributed by atoms with E-state index < -0.39 is 35.4 Å². The van der Waals surface area contributed by atoms with Gasteiger partial charge < -0.3 is 20.1 Å². The first-order valence-electron chi connectivity index (χ1n) is 12.2. The van der Waals surface area contributed by atoms with E-state index in [9.17, 15) is 24.0 Å². The highest BCUT2D eigenvalue weighted by Gasteiger charge is 2.33. The molecule has 1 fully saturated rings. The Kier molecular flexibility index (Phi) is 6.68. The molecule has 0 saturated carbocycles. The third-order valence-corrected chi connectivity index (χ3v) is 6.69. The highest BCUT2D eigenvalue weighted by molar-refractivity contribution is 5.90. The molecule has 2 N–H and O–H groups in total. The summed E-state index contributed by atoms with van der Waals surface area (Å²) in [5.74, 6) is -1.95. The third kappa shape index (κ3) is 4.87. The third-order valence-electron chi connectivity index (χ3n) is 6.69. The van der Waals surface area contributed by atoms with Crippen molar-refractivity contribution < 1.29 is 28.6 Å². The quantitative estimate of drug-likeness (QED) is 0.462. The first-order chi connectivity index (χ1) is 18.6. The van der Waals surface area contributed by atoms with Crippen molar-refractivity contribution in [3.05, 3.63) is 74.8 Å². The number of aromatic carboxylic acids is 1. The predicted molar refractivity (Wildman–Crippen MR) is 136 cm³/mol. The highest BCUT2D eigenvalue weighted by atomic mass is 19.1. The summed E-state index contributed by atoms with van der Waals surface area (Å²) in [5, 5.41) is 11.7. The Bertz CT molecular complexity index is 1540. The normalized spacial score (nSPS) is 17.0. The lowest BCUT2D eigenvalue weighted by Gasteiger charge is -2.23. The van der Waals surface area contributed by atoms with Crippen LogP contribution in [0.2, 0.25) is 0 Å². The fourth-order valence-electron chi connectivity index (χ4n) is 4.73. The second-order valence-corrected chi connectivity index (χ2v) is 9.18. The number of carbonyl (C=O) groups is 3. The number of nitrogens with zero attached hydrogens (tertiary/aromatic N) is 5. The number of hydrogen-bond donors (Lipinski definition) is 2. The van der Waals surface area contributed by atoms with Gasteiger partial charge in [0.15, 0.2) is 0 Å². The van der Waals surface area contributed by atoms with Gasteiger partial charge in [0, 0.05) is 20.0 Å². The van der Waals surface area contributed by atoms with Gasteiger partial charge in [0.1, 0.15) is 11.9 Å². The smallest absolute Gasteiger partial charge is 0.414 e. The predicted octanol–water partition coefficient (Wildman–Crippen LogP) is 0.620. The van der Waals surface area contributed by atoms with E-state index in [-0.39, 0.29) is 62.1 Å². The maximum Gasteiger partial charge on any atom is 0.414 e. The van der Waals surface area contributed by atoms with Gasteiger partial charge >= 0.3 is 23.4 Å². The Morgan fingerprint density at radius 1 is 0.974 bits per heavy atom. The van der Waals surface area contributed by atoms with Crippen LogP contribution in [0.4, 0.5) is 20.6 Å². The van der Waals surface area contributed by atoms with Crippen LogP contribution in [-0.4, -0.2) is 69.3 Å². The summed E-state index contributed by atoms with van der Waals surface area (Å²) in [7, 11) is 0. The second-order valence-electron chi connectivity index (χ2n) is 9.18. The zero-order chi connectivity index (χ0) is 27.8. The number of ether oxygens (including phenoxy) is 1. The Balaban J connectivity index is 1.32. The molecule has 0 bridgehead atoms. The largest absolute Gasteiger partial charge is 0.478 e. The molecule has 0 unspecified atom stereocenters. The molecule has 2 aliphatic heterocycles. The maximum absolute atomic E-state index is 15.2. The molecule has 2 aromatic carbocycles. The molecule has 1 saturated heterocycles. The molecule has 2 aliphatic rings. The number of halogens is 1. The van der Waals surface area contributed by atoms with Crippen LogP contribution in [0.1, 0.15) is 17.3 Å². The molecule has 0 radical (unpaired) electrons. The molecule has 3 aromatic rings. The van der Waals surface area contributed by atoms with Crippen LogP contribution >= 0.6 is 0 Å². The van der Waals surface area contributed by atoms with Crippen LogP contribution in [0.25, 0.3) is 5.69 Å². The van der Waals surface area contributed by atoms with Gasteiger partial charge in [-0.3, -0.25) is 9.69 Å². The first-order valence-corrected chi connectivity index (χ1v) is 12.2. The van der Waals surface area contributed by atoms with Gasteiger partial charge in [-0.2, -0.15) is 0 Å². The van der Waals surface area contributed by atoms with E-state index in [2.05, 4.69) is 5.32 Å². The van der Waals surface area contributed by atoms with Crippen LogP contribution in [0, 0.1) is 5.82 Å². The summed E-state index contributed by atoms with van der Waals surface area (Å²) in [4.78, 5) is 63.6. The molecule has 1 aromatic heterocycles. The van der Waals surface area contributed by atoms with Gasteiger partial charge in [0.2, 0.25) is 5.91 Å². The number of cyclic esters (lactones) is 1. The second kappa shape index (κ2) is 10.1. The van der Waals surface area contributed by atoms with E-state index in [1.165, 1.54) is 57.6 Å². The Hall–Kier alpha value is -4.88. The van der Waals surface area contributed by atoms with Crippen molar-refractivity contribution in [3.63, 3.8) is 0 Å². The van der Waals surface area contributed by atoms with Crippen LogP contribution < -0.4 is 26.5 Å². The molecule has 5 rings (SSSR count). The number of carboxylic acid groups (broad SMARTS) is 1. The summed E-state index contributed by atoms with van der Waals surface area (Å²) in [5.41, 5.74) is -0.321. The summed E-state index contributed by atoms with van der Waals surface area (Å²) in [6, 6.07) is 9.77. The van der Waals surface area contributed by atoms with Crippen LogP contribution in [0.15, 0.2) is 52.1 Å². The number of amides is 2. The van der Waals surface area contributed by atoms with E-state index in [1.54, 1.807) is 11.0 Å². The molecular weight excluding hydrogens is 515 g/mol. The average molecular weight is 541 g/mol. The molecule has 0 aliphatic carbocycles. The van der Waals surface area contributed by atoms with Crippen molar-refractivity contribution >= 4 is 29.3 Å². The number of fused-ring (bicyclic) bond motifs is 1. The molecule has 14 heteroatoms. The van der Waals surface area contributed by atoms with Crippen molar-refractivity contribution in [1.29, 1.82) is 0 Å². The number of carboxylic acids is 1. The zero-order valence-electron chi connectivity index (χ0n) is 20.9. The molecule has 3 heterocycles. The Labute approximate surface area is 220 Å². The number of rotatable bonds is 6. The van der Waals surface area contributed by atoms with E-state index in [0.717, 1.165) is 4.57 Å². The molecule has 39 heavy (non-hydrogen) atoms. The lowest BCUT2D eigenvalue weighted by atomic mass is 10.2. The van der Waals surface area contributed by atoms with Crippen LogP contribution in [-0.2, 0) is 22.6 Å². The number of nitrogens with one attached hydrogen (secondary N) is 1. The number of benzene rings is 2. The minimum absolute atomic E-state index is 0.0304. The minimum Gasteiger partial charge on any atom is -0.478 e. The fraction of sp³-hybridized carbons (Fsp3) is 0.320. The average Bonchev–Trinajstić information content (AvgIpc) is 3.27. The number of anilines is 2.